The zero-order valence-corrected chi connectivity index (χ0v) is 11.8. The van der Waals surface area contributed by atoms with Gasteiger partial charge in [-0.25, -0.2) is 0 Å². The standard InChI is InChI=1S/C16H18N2O3/c19-16(13-6-9-20-12-13)18(11-15-5-3-8-21-15)10-14-4-1-2-7-17-14/h1-2,4,6-7,9,12,15H,3,5,8,10-11H2/t15-/m1/s1. The first kappa shape index (κ1) is 13.8. The van der Waals surface area contributed by atoms with Crippen molar-refractivity contribution in [1.82, 2.24) is 9.88 Å². The number of carbonyl (C=O) groups excluding carboxylic acids is 1. The number of amides is 1. The summed E-state index contributed by atoms with van der Waals surface area (Å²) in [5, 5.41) is 0. The van der Waals surface area contributed by atoms with Gasteiger partial charge < -0.3 is 14.1 Å². The van der Waals surface area contributed by atoms with Crippen molar-refractivity contribution in [2.45, 2.75) is 25.5 Å². The zero-order valence-electron chi connectivity index (χ0n) is 11.8. The van der Waals surface area contributed by atoms with Crippen LogP contribution in [0.1, 0.15) is 28.9 Å². The summed E-state index contributed by atoms with van der Waals surface area (Å²) in [5.41, 5.74) is 1.43. The molecule has 1 saturated heterocycles. The van der Waals surface area contributed by atoms with Gasteiger partial charge in [-0.05, 0) is 31.0 Å². The molecule has 5 nitrogen and oxygen atoms in total. The van der Waals surface area contributed by atoms with Crippen molar-refractivity contribution in [3.05, 3.63) is 54.2 Å². The van der Waals surface area contributed by atoms with E-state index in [9.17, 15) is 4.79 Å². The Balaban J connectivity index is 1.75. The van der Waals surface area contributed by atoms with Crippen LogP contribution in [0.5, 0.6) is 0 Å². The second kappa shape index (κ2) is 6.54. The molecule has 2 aromatic heterocycles. The molecule has 0 N–H and O–H groups in total. The maximum Gasteiger partial charge on any atom is 0.257 e. The molecule has 21 heavy (non-hydrogen) atoms. The minimum Gasteiger partial charge on any atom is -0.472 e. The van der Waals surface area contributed by atoms with E-state index in [1.807, 2.05) is 18.2 Å². The predicted octanol–water partition coefficient (Wildman–Crippen LogP) is 2.50. The fourth-order valence-electron chi connectivity index (χ4n) is 2.51. The van der Waals surface area contributed by atoms with Gasteiger partial charge in [0, 0.05) is 19.3 Å². The average molecular weight is 286 g/mol. The number of hydrogen-bond donors (Lipinski definition) is 0. The van der Waals surface area contributed by atoms with Gasteiger partial charge in [-0.1, -0.05) is 6.07 Å². The maximum atomic E-state index is 12.6. The first-order valence-electron chi connectivity index (χ1n) is 7.16. The van der Waals surface area contributed by atoms with Gasteiger partial charge in [-0.3, -0.25) is 9.78 Å². The number of ether oxygens (including phenoxy) is 1. The molecule has 2 aromatic rings. The molecule has 1 fully saturated rings. The van der Waals surface area contributed by atoms with E-state index in [2.05, 4.69) is 4.98 Å². The molecule has 1 aliphatic rings. The lowest BCUT2D eigenvalue weighted by molar-refractivity contribution is 0.0504. The molecule has 0 aromatic carbocycles. The third-order valence-corrected chi connectivity index (χ3v) is 3.58. The second-order valence-corrected chi connectivity index (χ2v) is 5.15. The molecular weight excluding hydrogens is 268 g/mol. The summed E-state index contributed by atoms with van der Waals surface area (Å²) in [7, 11) is 0. The summed E-state index contributed by atoms with van der Waals surface area (Å²) >= 11 is 0. The monoisotopic (exact) mass is 286 g/mol. The van der Waals surface area contributed by atoms with Gasteiger partial charge in [0.25, 0.3) is 5.91 Å². The third-order valence-electron chi connectivity index (χ3n) is 3.58. The van der Waals surface area contributed by atoms with Crippen LogP contribution in [0.25, 0.3) is 0 Å². The van der Waals surface area contributed by atoms with Gasteiger partial charge in [-0.15, -0.1) is 0 Å². The highest BCUT2D eigenvalue weighted by Gasteiger charge is 2.24. The van der Waals surface area contributed by atoms with E-state index in [1.165, 1.54) is 12.5 Å². The highest BCUT2D eigenvalue weighted by atomic mass is 16.5. The fourth-order valence-corrected chi connectivity index (χ4v) is 2.51. The van der Waals surface area contributed by atoms with Crippen LogP contribution in [0.2, 0.25) is 0 Å². The molecule has 1 atom stereocenters. The van der Waals surface area contributed by atoms with Crippen LogP contribution in [0.15, 0.2) is 47.4 Å². The van der Waals surface area contributed by atoms with Crippen molar-refractivity contribution in [2.24, 2.45) is 0 Å². The normalized spacial score (nSPS) is 17.8. The summed E-state index contributed by atoms with van der Waals surface area (Å²) in [6.07, 6.45) is 6.90. The Morgan fingerprint density at radius 2 is 2.33 bits per heavy atom. The van der Waals surface area contributed by atoms with E-state index in [4.69, 9.17) is 9.15 Å². The van der Waals surface area contributed by atoms with E-state index in [1.54, 1.807) is 17.2 Å². The number of hydrogen-bond acceptors (Lipinski definition) is 4. The molecule has 0 spiro atoms. The van der Waals surface area contributed by atoms with Gasteiger partial charge in [0.15, 0.2) is 0 Å². The fraction of sp³-hybridized carbons (Fsp3) is 0.375. The molecule has 5 heteroatoms. The third kappa shape index (κ3) is 3.49. The molecular formula is C16H18N2O3. The molecule has 3 rings (SSSR count). The van der Waals surface area contributed by atoms with E-state index >= 15 is 0 Å². The van der Waals surface area contributed by atoms with Crippen molar-refractivity contribution in [3.8, 4) is 0 Å². The molecule has 0 saturated carbocycles. The first-order valence-corrected chi connectivity index (χ1v) is 7.16. The van der Waals surface area contributed by atoms with Gasteiger partial charge in [0.1, 0.15) is 6.26 Å². The summed E-state index contributed by atoms with van der Waals surface area (Å²) in [4.78, 5) is 18.7. The van der Waals surface area contributed by atoms with Gasteiger partial charge in [0.2, 0.25) is 0 Å². The highest BCUT2D eigenvalue weighted by molar-refractivity contribution is 5.93. The Kier molecular flexibility index (Phi) is 4.31. The van der Waals surface area contributed by atoms with E-state index in [-0.39, 0.29) is 12.0 Å². The van der Waals surface area contributed by atoms with Crippen LogP contribution >= 0.6 is 0 Å². The van der Waals surface area contributed by atoms with Gasteiger partial charge >= 0.3 is 0 Å². The topological polar surface area (TPSA) is 55.6 Å². The zero-order chi connectivity index (χ0) is 14.5. The minimum absolute atomic E-state index is 0.0510. The van der Waals surface area contributed by atoms with Crippen LogP contribution in [0.3, 0.4) is 0 Å². The van der Waals surface area contributed by atoms with E-state index in [0.29, 0.717) is 18.7 Å². The van der Waals surface area contributed by atoms with E-state index < -0.39 is 0 Å². The number of rotatable bonds is 5. The van der Waals surface area contributed by atoms with Crippen molar-refractivity contribution < 1.29 is 13.9 Å². The Labute approximate surface area is 123 Å². The molecule has 0 unspecified atom stereocenters. The molecule has 1 aliphatic heterocycles. The number of carbonyl (C=O) groups is 1. The lowest BCUT2D eigenvalue weighted by atomic mass is 10.2. The van der Waals surface area contributed by atoms with E-state index in [0.717, 1.165) is 25.1 Å². The Morgan fingerprint density at radius 3 is 3.00 bits per heavy atom. The van der Waals surface area contributed by atoms with Crippen molar-refractivity contribution >= 4 is 5.91 Å². The maximum absolute atomic E-state index is 12.6. The molecule has 0 aliphatic carbocycles. The predicted molar refractivity (Wildman–Crippen MR) is 76.7 cm³/mol. The molecule has 0 radical (unpaired) electrons. The number of pyridine rings is 1. The average Bonchev–Trinajstić information content (AvgIpc) is 3.20. The van der Waals surface area contributed by atoms with Crippen LogP contribution in [0, 0.1) is 0 Å². The number of nitrogens with zero attached hydrogens (tertiary/aromatic N) is 2. The summed E-state index contributed by atoms with van der Waals surface area (Å²) < 4.78 is 10.7. The Bertz CT molecular complexity index is 562. The minimum atomic E-state index is -0.0510. The summed E-state index contributed by atoms with van der Waals surface area (Å²) in [6.45, 7) is 1.84. The van der Waals surface area contributed by atoms with Gasteiger partial charge in [0.05, 0.1) is 30.2 Å². The van der Waals surface area contributed by atoms with Crippen molar-refractivity contribution in [2.75, 3.05) is 13.2 Å². The van der Waals surface area contributed by atoms with Crippen molar-refractivity contribution in [1.29, 1.82) is 0 Å². The SMILES string of the molecule is O=C(c1ccoc1)N(Cc1ccccn1)C[C@H]1CCCO1. The highest BCUT2D eigenvalue weighted by Crippen LogP contribution is 2.17. The van der Waals surface area contributed by atoms with Crippen LogP contribution in [0.4, 0.5) is 0 Å². The Morgan fingerprint density at radius 1 is 1.38 bits per heavy atom. The molecule has 0 bridgehead atoms. The largest absolute Gasteiger partial charge is 0.472 e. The quantitative estimate of drug-likeness (QED) is 0.847. The van der Waals surface area contributed by atoms with Crippen LogP contribution in [-0.4, -0.2) is 35.0 Å². The van der Waals surface area contributed by atoms with Crippen molar-refractivity contribution in [3.63, 3.8) is 0 Å². The molecule has 1 amide bonds. The lowest BCUT2D eigenvalue weighted by Crippen LogP contribution is -2.37. The smallest absolute Gasteiger partial charge is 0.257 e. The first-order chi connectivity index (χ1) is 10.3. The lowest BCUT2D eigenvalue weighted by Gasteiger charge is -2.24. The van der Waals surface area contributed by atoms with Gasteiger partial charge in [-0.2, -0.15) is 0 Å². The van der Waals surface area contributed by atoms with Crippen LogP contribution < -0.4 is 0 Å². The summed E-state index contributed by atoms with van der Waals surface area (Å²) in [5.74, 6) is -0.0510. The Hall–Kier alpha value is -2.14. The number of aromatic nitrogens is 1. The summed E-state index contributed by atoms with van der Waals surface area (Å²) in [6, 6.07) is 7.40. The second-order valence-electron chi connectivity index (χ2n) is 5.15. The number of furan rings is 1. The molecule has 110 valence electrons. The van der Waals surface area contributed by atoms with Crippen LogP contribution in [-0.2, 0) is 11.3 Å². The molecule has 3 heterocycles.